The molecule has 4 rings (SSSR count). The highest BCUT2D eigenvalue weighted by molar-refractivity contribution is 5.93. The van der Waals surface area contributed by atoms with E-state index in [1.807, 2.05) is 6.07 Å². The Kier molecular flexibility index (Phi) is 2.73. The lowest BCUT2D eigenvalue weighted by molar-refractivity contribution is -0.497. The minimum absolute atomic E-state index is 0.900. The molecule has 0 atom stereocenters. The van der Waals surface area contributed by atoms with E-state index in [1.165, 1.54) is 0 Å². The summed E-state index contributed by atoms with van der Waals surface area (Å²) < 4.78 is 10.1. The number of para-hydroxylation sites is 1. The average molecular weight is 292 g/mol. The fourth-order valence-corrected chi connectivity index (χ4v) is 3.20. The number of nitrogens with zero attached hydrogens (tertiary/aromatic N) is 3. The largest absolute Gasteiger partial charge is 0.496 e. The number of hydrogen-bond acceptors (Lipinski definition) is 2. The summed E-state index contributed by atoms with van der Waals surface area (Å²) >= 11 is 0. The van der Waals surface area contributed by atoms with Gasteiger partial charge in [0.1, 0.15) is 16.8 Å². The molecule has 0 unspecified atom stereocenters. The van der Waals surface area contributed by atoms with Gasteiger partial charge >= 0.3 is 5.95 Å². The van der Waals surface area contributed by atoms with E-state index in [0.29, 0.717) is 0 Å². The molecule has 0 saturated carbocycles. The Labute approximate surface area is 128 Å². The number of imidazole rings is 1. The monoisotopic (exact) mass is 292 g/mol. The van der Waals surface area contributed by atoms with E-state index in [-0.39, 0.29) is 0 Å². The van der Waals surface area contributed by atoms with Crippen LogP contribution in [0.25, 0.3) is 21.9 Å². The van der Waals surface area contributed by atoms with Crippen LogP contribution in [0.3, 0.4) is 0 Å². The quantitative estimate of drug-likeness (QED) is 0.530. The van der Waals surface area contributed by atoms with Gasteiger partial charge in [-0.05, 0) is 24.3 Å². The number of benzene rings is 1. The van der Waals surface area contributed by atoms with E-state index >= 15 is 0 Å². The van der Waals surface area contributed by atoms with E-state index in [1.54, 1.807) is 7.11 Å². The normalized spacial score (nSPS) is 11.4. The molecule has 22 heavy (non-hydrogen) atoms. The zero-order chi connectivity index (χ0) is 15.3. The number of rotatable bonds is 2. The van der Waals surface area contributed by atoms with E-state index in [2.05, 4.69) is 76.5 Å². The van der Waals surface area contributed by atoms with Crippen molar-refractivity contribution in [2.75, 3.05) is 26.1 Å². The first-order chi connectivity index (χ1) is 10.7. The van der Waals surface area contributed by atoms with E-state index in [4.69, 9.17) is 4.74 Å². The van der Waals surface area contributed by atoms with Crippen molar-refractivity contribution in [1.82, 2.24) is 4.40 Å². The van der Waals surface area contributed by atoms with Crippen molar-refractivity contribution in [3.05, 3.63) is 54.7 Å². The number of fused-ring (bicyclic) bond motifs is 5. The van der Waals surface area contributed by atoms with Gasteiger partial charge in [0.05, 0.1) is 32.8 Å². The topological polar surface area (TPSA) is 21.0 Å². The minimum atomic E-state index is 0.900. The van der Waals surface area contributed by atoms with Crippen molar-refractivity contribution in [3.8, 4) is 5.75 Å². The first-order valence-corrected chi connectivity index (χ1v) is 7.30. The van der Waals surface area contributed by atoms with Crippen LogP contribution in [0.1, 0.15) is 0 Å². The van der Waals surface area contributed by atoms with Crippen molar-refractivity contribution in [2.24, 2.45) is 0 Å². The average Bonchev–Trinajstić information content (AvgIpc) is 2.89. The summed E-state index contributed by atoms with van der Waals surface area (Å²) in [4.78, 5) is 2.14. The summed E-state index contributed by atoms with van der Waals surface area (Å²) in [5.74, 6) is 2.02. The summed E-state index contributed by atoms with van der Waals surface area (Å²) in [7, 11) is 5.86. The zero-order valence-electron chi connectivity index (χ0n) is 12.9. The van der Waals surface area contributed by atoms with Gasteiger partial charge in [-0.2, -0.15) is 4.40 Å². The summed E-state index contributed by atoms with van der Waals surface area (Å²) in [6.07, 6.45) is 2.10. The van der Waals surface area contributed by atoms with Crippen LogP contribution in [-0.2, 0) is 0 Å². The van der Waals surface area contributed by atoms with E-state index in [9.17, 15) is 0 Å². The van der Waals surface area contributed by atoms with Gasteiger partial charge in [-0.15, -0.1) is 0 Å². The second-order valence-corrected chi connectivity index (χ2v) is 5.60. The maximum atomic E-state index is 5.62. The van der Waals surface area contributed by atoms with E-state index < -0.39 is 0 Å². The predicted molar refractivity (Wildman–Crippen MR) is 88.9 cm³/mol. The maximum absolute atomic E-state index is 5.62. The van der Waals surface area contributed by atoms with Gasteiger partial charge in [-0.3, -0.25) is 4.90 Å². The highest BCUT2D eigenvalue weighted by atomic mass is 16.5. The molecule has 110 valence electrons. The molecule has 0 bridgehead atoms. The first kappa shape index (κ1) is 13.0. The molecule has 0 aliphatic carbocycles. The lowest BCUT2D eigenvalue weighted by Gasteiger charge is -2.08. The second kappa shape index (κ2) is 4.63. The Balaban J connectivity index is 2.35. The van der Waals surface area contributed by atoms with Gasteiger partial charge < -0.3 is 4.74 Å². The SMILES string of the molecule is COc1cc2c3cccc[n+]3c(N(C)C)n2c2ccccc12. The molecule has 0 fully saturated rings. The van der Waals surface area contributed by atoms with Crippen molar-refractivity contribution in [2.45, 2.75) is 0 Å². The molecule has 0 aliphatic rings. The second-order valence-electron chi connectivity index (χ2n) is 5.60. The molecule has 0 radical (unpaired) electrons. The van der Waals surface area contributed by atoms with Gasteiger partial charge in [-0.25, -0.2) is 4.40 Å². The first-order valence-electron chi connectivity index (χ1n) is 7.30. The Morgan fingerprint density at radius 3 is 2.55 bits per heavy atom. The smallest absolute Gasteiger partial charge is 0.369 e. The predicted octanol–water partition coefficient (Wildman–Crippen LogP) is 2.91. The Morgan fingerprint density at radius 2 is 1.77 bits per heavy atom. The third-order valence-corrected chi connectivity index (χ3v) is 4.08. The molecule has 0 aliphatic heterocycles. The highest BCUT2D eigenvalue weighted by Gasteiger charge is 2.24. The van der Waals surface area contributed by atoms with E-state index in [0.717, 1.165) is 33.6 Å². The molecule has 4 aromatic rings. The summed E-state index contributed by atoms with van der Waals surface area (Å²) in [6, 6.07) is 16.7. The van der Waals surface area contributed by atoms with Crippen LogP contribution in [0, 0.1) is 0 Å². The maximum Gasteiger partial charge on any atom is 0.369 e. The Morgan fingerprint density at radius 1 is 1.00 bits per heavy atom. The number of hydrogen-bond donors (Lipinski definition) is 0. The van der Waals surface area contributed by atoms with Crippen LogP contribution in [-0.4, -0.2) is 25.6 Å². The van der Waals surface area contributed by atoms with Crippen molar-refractivity contribution in [3.63, 3.8) is 0 Å². The molecule has 0 spiro atoms. The fraction of sp³-hybridized carbons (Fsp3) is 0.167. The fourth-order valence-electron chi connectivity index (χ4n) is 3.20. The third kappa shape index (κ3) is 1.61. The molecule has 0 amide bonds. The van der Waals surface area contributed by atoms with Crippen molar-refractivity contribution >= 4 is 27.9 Å². The van der Waals surface area contributed by atoms with Gasteiger partial charge in [0.2, 0.25) is 0 Å². The summed E-state index contributed by atoms with van der Waals surface area (Å²) in [5.41, 5.74) is 3.44. The van der Waals surface area contributed by atoms with Crippen LogP contribution < -0.4 is 14.0 Å². The molecule has 1 aromatic carbocycles. The molecule has 4 heteroatoms. The van der Waals surface area contributed by atoms with Gasteiger partial charge in [0.25, 0.3) is 0 Å². The third-order valence-electron chi connectivity index (χ3n) is 4.08. The molecular weight excluding hydrogens is 274 g/mol. The van der Waals surface area contributed by atoms with Crippen molar-refractivity contribution < 1.29 is 9.14 Å². The number of ether oxygens (including phenoxy) is 1. The van der Waals surface area contributed by atoms with Gasteiger partial charge in [-0.1, -0.05) is 18.2 Å². The molecule has 0 N–H and O–H groups in total. The van der Waals surface area contributed by atoms with Crippen LogP contribution in [0.15, 0.2) is 54.7 Å². The number of anilines is 1. The van der Waals surface area contributed by atoms with Crippen LogP contribution in [0.5, 0.6) is 5.75 Å². The van der Waals surface area contributed by atoms with Crippen LogP contribution in [0.4, 0.5) is 5.95 Å². The molecule has 3 heterocycles. The minimum Gasteiger partial charge on any atom is -0.496 e. The number of aromatic nitrogens is 2. The lowest BCUT2D eigenvalue weighted by atomic mass is 10.2. The summed E-state index contributed by atoms with van der Waals surface area (Å²) in [6.45, 7) is 0. The molecular formula is C18H18N3O+. The molecule has 3 aromatic heterocycles. The Hall–Kier alpha value is -2.75. The number of pyridine rings is 2. The van der Waals surface area contributed by atoms with Crippen LogP contribution >= 0.6 is 0 Å². The van der Waals surface area contributed by atoms with Crippen molar-refractivity contribution in [1.29, 1.82) is 0 Å². The molecule has 0 saturated heterocycles. The number of methoxy groups -OCH3 is 1. The Bertz CT molecular complexity index is 1000. The zero-order valence-corrected chi connectivity index (χ0v) is 12.9. The van der Waals surface area contributed by atoms with Gasteiger partial charge in [0, 0.05) is 6.07 Å². The highest BCUT2D eigenvalue weighted by Crippen LogP contribution is 2.31. The molecule has 4 nitrogen and oxygen atoms in total. The van der Waals surface area contributed by atoms with Crippen LogP contribution in [0.2, 0.25) is 0 Å². The standard InChI is InChI=1S/C18H18N3O/c1-19(2)18-20-11-7-6-10-15(20)16-12-17(22-3)13-8-4-5-9-14(13)21(16)18/h4-12H,1-3H3/q+1. The summed E-state index contributed by atoms with van der Waals surface area (Å²) in [5, 5.41) is 1.11. The lowest BCUT2D eigenvalue weighted by Crippen LogP contribution is -2.29. The van der Waals surface area contributed by atoms with Gasteiger partial charge in [0.15, 0.2) is 5.52 Å².